The van der Waals surface area contributed by atoms with Crippen LogP contribution in [0.2, 0.25) is 0 Å². The second-order valence-electron chi connectivity index (χ2n) is 13.9. The highest BCUT2D eigenvalue weighted by Gasteiger charge is 2.35. The number of unbranched alkanes of at least 4 members (excludes halogenated alkanes) is 10. The molecular weight excluding hydrogens is 510 g/mol. The molecule has 0 spiro atoms. The summed E-state index contributed by atoms with van der Waals surface area (Å²) >= 11 is 0. The quantitative estimate of drug-likeness (QED) is 0.178. The van der Waals surface area contributed by atoms with Crippen LogP contribution >= 0.6 is 0 Å². The molecule has 2 aliphatic carbocycles. The molecule has 2 aliphatic rings. The van der Waals surface area contributed by atoms with Gasteiger partial charge in [-0.15, -0.1) is 0 Å². The van der Waals surface area contributed by atoms with Crippen molar-refractivity contribution in [2.75, 3.05) is 0 Å². The van der Waals surface area contributed by atoms with Crippen LogP contribution in [0.5, 0.6) is 0 Å². The summed E-state index contributed by atoms with van der Waals surface area (Å²) in [6, 6.07) is 11.7. The number of nitriles is 1. The second kappa shape index (κ2) is 17.8. The first-order valence-corrected chi connectivity index (χ1v) is 18.0. The number of hydrogen-bond acceptors (Lipinski definition) is 3. The summed E-state index contributed by atoms with van der Waals surface area (Å²) < 4.78 is 0. The number of benzene rings is 1. The van der Waals surface area contributed by atoms with Crippen LogP contribution < -0.4 is 0 Å². The molecule has 0 bridgehead atoms. The first-order valence-electron chi connectivity index (χ1n) is 18.0. The lowest BCUT2D eigenvalue weighted by Crippen LogP contribution is -2.25. The fraction of sp³-hybridized carbons (Fsp3) is 0.718. The third-order valence-electron chi connectivity index (χ3n) is 10.8. The number of hydrogen-bond donors (Lipinski definition) is 0. The first kappa shape index (κ1) is 32.7. The number of aromatic nitrogens is 2. The molecule has 2 fully saturated rings. The van der Waals surface area contributed by atoms with Gasteiger partial charge in [-0.25, -0.2) is 9.97 Å². The molecule has 0 radical (unpaired) electrons. The Labute approximate surface area is 258 Å². The monoisotopic (exact) mass is 569 g/mol. The Bertz CT molecular complexity index is 1030. The van der Waals surface area contributed by atoms with E-state index in [2.05, 4.69) is 56.6 Å². The predicted octanol–water partition coefficient (Wildman–Crippen LogP) is 12.1. The molecule has 0 unspecified atom stereocenters. The van der Waals surface area contributed by atoms with Crippen molar-refractivity contribution in [1.29, 1.82) is 5.26 Å². The minimum absolute atomic E-state index is 0.0783. The smallest absolute Gasteiger partial charge is 0.159 e. The van der Waals surface area contributed by atoms with Crippen molar-refractivity contribution in [3.05, 3.63) is 47.8 Å². The van der Waals surface area contributed by atoms with Crippen LogP contribution in [0, 0.1) is 22.7 Å². The number of nitrogens with zero attached hydrogens (tertiary/aromatic N) is 3. The fourth-order valence-electron chi connectivity index (χ4n) is 7.77. The molecule has 4 rings (SSSR count). The maximum atomic E-state index is 9.98. The first-order chi connectivity index (χ1) is 20.7. The van der Waals surface area contributed by atoms with Crippen LogP contribution in [-0.4, -0.2) is 9.97 Å². The zero-order valence-electron chi connectivity index (χ0n) is 27.1. The lowest BCUT2D eigenvalue weighted by atomic mass is 9.67. The molecule has 0 amide bonds. The fourth-order valence-corrected chi connectivity index (χ4v) is 7.77. The molecule has 3 heteroatoms. The highest BCUT2D eigenvalue weighted by Crippen LogP contribution is 2.46. The standard InChI is InChI=1S/C39H59N3/c1-3-5-7-9-10-11-13-15-32-16-18-34(19-17-32)37-29-41-38(42-30-37)36-22-20-33(21-23-36)35-24-27-39(31-40,28-25-35)26-14-12-8-6-4-2/h20-23,29-30,32,34-35H,3-19,24-28H2,1-2H3. The van der Waals surface area contributed by atoms with Gasteiger partial charge in [0.15, 0.2) is 5.82 Å². The van der Waals surface area contributed by atoms with Gasteiger partial charge in [-0.2, -0.15) is 5.26 Å². The van der Waals surface area contributed by atoms with Gasteiger partial charge in [0.05, 0.1) is 11.5 Å². The number of rotatable bonds is 17. The Morgan fingerprint density at radius 3 is 1.81 bits per heavy atom. The van der Waals surface area contributed by atoms with Gasteiger partial charge in [-0.05, 0) is 86.7 Å². The van der Waals surface area contributed by atoms with E-state index in [1.165, 1.54) is 120 Å². The van der Waals surface area contributed by atoms with E-state index in [0.29, 0.717) is 11.8 Å². The topological polar surface area (TPSA) is 49.6 Å². The van der Waals surface area contributed by atoms with Crippen molar-refractivity contribution in [1.82, 2.24) is 9.97 Å². The normalized spacial score (nSPS) is 24.4. The van der Waals surface area contributed by atoms with Crippen molar-refractivity contribution >= 4 is 0 Å². The van der Waals surface area contributed by atoms with E-state index in [4.69, 9.17) is 9.97 Å². The van der Waals surface area contributed by atoms with Crippen molar-refractivity contribution in [2.24, 2.45) is 11.3 Å². The Kier molecular flexibility index (Phi) is 13.9. The Hall–Kier alpha value is -2.21. The minimum Gasteiger partial charge on any atom is -0.236 e. The molecule has 230 valence electrons. The third kappa shape index (κ3) is 9.92. The lowest BCUT2D eigenvalue weighted by Gasteiger charge is -2.35. The highest BCUT2D eigenvalue weighted by molar-refractivity contribution is 5.55. The molecule has 0 saturated heterocycles. The Morgan fingerprint density at radius 1 is 0.667 bits per heavy atom. The van der Waals surface area contributed by atoms with Gasteiger partial charge in [-0.1, -0.05) is 122 Å². The minimum atomic E-state index is -0.0783. The molecule has 2 saturated carbocycles. The summed E-state index contributed by atoms with van der Waals surface area (Å²) in [7, 11) is 0. The SMILES string of the molecule is CCCCCCCCCC1CCC(c2cnc(-c3ccc(C4CCC(C#N)(CCCCCCC)CC4)cc3)nc2)CC1. The Balaban J connectivity index is 1.19. The van der Waals surface area contributed by atoms with Crippen LogP contribution in [0.3, 0.4) is 0 Å². The summed E-state index contributed by atoms with van der Waals surface area (Å²) in [4.78, 5) is 9.61. The van der Waals surface area contributed by atoms with E-state index in [-0.39, 0.29) is 5.41 Å². The molecule has 42 heavy (non-hydrogen) atoms. The van der Waals surface area contributed by atoms with Crippen LogP contribution in [0.4, 0.5) is 0 Å². The maximum Gasteiger partial charge on any atom is 0.159 e. The van der Waals surface area contributed by atoms with Crippen LogP contribution in [0.25, 0.3) is 11.4 Å². The largest absolute Gasteiger partial charge is 0.236 e. The van der Waals surface area contributed by atoms with Gasteiger partial charge in [0.25, 0.3) is 0 Å². The van der Waals surface area contributed by atoms with E-state index in [0.717, 1.165) is 49.4 Å². The van der Waals surface area contributed by atoms with E-state index >= 15 is 0 Å². The lowest BCUT2D eigenvalue weighted by molar-refractivity contribution is 0.223. The van der Waals surface area contributed by atoms with Crippen molar-refractivity contribution in [2.45, 2.75) is 167 Å². The van der Waals surface area contributed by atoms with Gasteiger partial charge >= 0.3 is 0 Å². The van der Waals surface area contributed by atoms with Crippen LogP contribution in [0.1, 0.15) is 178 Å². The molecule has 1 aromatic heterocycles. The molecule has 1 aromatic carbocycles. The molecule has 0 aliphatic heterocycles. The third-order valence-corrected chi connectivity index (χ3v) is 10.8. The molecule has 1 heterocycles. The summed E-state index contributed by atoms with van der Waals surface area (Å²) in [6.45, 7) is 4.56. The van der Waals surface area contributed by atoms with Gasteiger partial charge in [0, 0.05) is 18.0 Å². The predicted molar refractivity (Wildman–Crippen MR) is 177 cm³/mol. The van der Waals surface area contributed by atoms with Crippen LogP contribution in [-0.2, 0) is 0 Å². The van der Waals surface area contributed by atoms with Gasteiger partial charge in [0.2, 0.25) is 0 Å². The van der Waals surface area contributed by atoms with Crippen LogP contribution in [0.15, 0.2) is 36.7 Å². The van der Waals surface area contributed by atoms with Crippen molar-refractivity contribution in [3.8, 4) is 17.5 Å². The summed E-state index contributed by atoms with van der Waals surface area (Å²) in [6.07, 6.45) is 32.8. The molecule has 3 nitrogen and oxygen atoms in total. The molecular formula is C39H59N3. The van der Waals surface area contributed by atoms with E-state index in [1.54, 1.807) is 0 Å². The van der Waals surface area contributed by atoms with Gasteiger partial charge in [-0.3, -0.25) is 0 Å². The summed E-state index contributed by atoms with van der Waals surface area (Å²) in [5.41, 5.74) is 3.78. The zero-order valence-corrected chi connectivity index (χ0v) is 27.1. The summed E-state index contributed by atoms with van der Waals surface area (Å²) in [5, 5.41) is 9.98. The molecule has 0 atom stereocenters. The molecule has 2 aromatic rings. The second-order valence-corrected chi connectivity index (χ2v) is 13.9. The zero-order chi connectivity index (χ0) is 29.5. The van der Waals surface area contributed by atoms with Crippen molar-refractivity contribution < 1.29 is 0 Å². The van der Waals surface area contributed by atoms with E-state index in [9.17, 15) is 5.26 Å². The van der Waals surface area contributed by atoms with E-state index in [1.807, 2.05) is 0 Å². The van der Waals surface area contributed by atoms with Gasteiger partial charge in [0.1, 0.15) is 0 Å². The average molecular weight is 570 g/mol. The summed E-state index contributed by atoms with van der Waals surface area (Å²) in [5.74, 6) is 2.99. The van der Waals surface area contributed by atoms with E-state index < -0.39 is 0 Å². The van der Waals surface area contributed by atoms with Crippen molar-refractivity contribution in [3.63, 3.8) is 0 Å². The Morgan fingerprint density at radius 2 is 1.21 bits per heavy atom. The maximum absolute atomic E-state index is 9.98. The highest BCUT2D eigenvalue weighted by atomic mass is 14.9. The van der Waals surface area contributed by atoms with Gasteiger partial charge < -0.3 is 0 Å². The average Bonchev–Trinajstić information content (AvgIpc) is 3.05. The molecule has 0 N–H and O–H groups in total.